The molecule has 0 amide bonds. The Morgan fingerprint density at radius 3 is 2.78 bits per heavy atom. The number of nitrogens with zero attached hydrogens (tertiary/aromatic N) is 1. The van der Waals surface area contributed by atoms with Crippen LogP contribution in [0, 0.1) is 5.92 Å². The Balaban J connectivity index is 1.76. The molecule has 0 radical (unpaired) electrons. The SMILES string of the molecule is CC1CCN(CCOc2ccccc2C=O)CC1. The standard InChI is InChI=1S/C15H21NO2/c1-13-6-8-16(9-7-13)10-11-18-15-5-3-2-4-14(15)12-17/h2-5,12-13H,6-11H2,1H3. The van der Waals surface area contributed by atoms with Gasteiger partial charge >= 0.3 is 0 Å². The number of para-hydroxylation sites is 1. The summed E-state index contributed by atoms with van der Waals surface area (Å²) in [7, 11) is 0. The fourth-order valence-electron chi connectivity index (χ4n) is 2.28. The normalized spacial score (nSPS) is 17.6. The molecule has 1 aromatic rings. The molecule has 18 heavy (non-hydrogen) atoms. The van der Waals surface area contributed by atoms with Crippen LogP contribution in [0.4, 0.5) is 0 Å². The zero-order chi connectivity index (χ0) is 12.8. The van der Waals surface area contributed by atoms with Gasteiger partial charge in [-0.25, -0.2) is 0 Å². The number of hydrogen-bond acceptors (Lipinski definition) is 3. The Bertz CT molecular complexity index is 384. The lowest BCUT2D eigenvalue weighted by Gasteiger charge is -2.29. The van der Waals surface area contributed by atoms with Gasteiger partial charge in [-0.1, -0.05) is 19.1 Å². The molecule has 1 aliphatic heterocycles. The summed E-state index contributed by atoms with van der Waals surface area (Å²) in [4.78, 5) is 13.3. The molecule has 1 fully saturated rings. The minimum absolute atomic E-state index is 0.629. The molecule has 1 heterocycles. The summed E-state index contributed by atoms with van der Waals surface area (Å²) in [5.74, 6) is 1.55. The van der Waals surface area contributed by atoms with Crippen molar-refractivity contribution in [1.82, 2.24) is 4.90 Å². The Morgan fingerprint density at radius 1 is 1.33 bits per heavy atom. The quantitative estimate of drug-likeness (QED) is 0.749. The van der Waals surface area contributed by atoms with Gasteiger partial charge in [-0.2, -0.15) is 0 Å². The topological polar surface area (TPSA) is 29.5 Å². The largest absolute Gasteiger partial charge is 0.492 e. The summed E-state index contributed by atoms with van der Waals surface area (Å²) in [6, 6.07) is 7.38. The van der Waals surface area contributed by atoms with Crippen LogP contribution in [0.5, 0.6) is 5.75 Å². The summed E-state index contributed by atoms with van der Waals surface area (Å²) >= 11 is 0. The summed E-state index contributed by atoms with van der Waals surface area (Å²) in [5.41, 5.74) is 0.629. The highest BCUT2D eigenvalue weighted by Crippen LogP contribution is 2.17. The van der Waals surface area contributed by atoms with Crippen LogP contribution in [-0.4, -0.2) is 37.4 Å². The monoisotopic (exact) mass is 247 g/mol. The van der Waals surface area contributed by atoms with Gasteiger partial charge in [0.1, 0.15) is 12.4 Å². The van der Waals surface area contributed by atoms with Crippen LogP contribution in [-0.2, 0) is 0 Å². The van der Waals surface area contributed by atoms with Crippen molar-refractivity contribution in [3.05, 3.63) is 29.8 Å². The molecule has 3 heteroatoms. The molecule has 2 rings (SSSR count). The molecule has 0 spiro atoms. The van der Waals surface area contributed by atoms with E-state index in [1.165, 1.54) is 25.9 Å². The second kappa shape index (κ2) is 6.55. The number of aldehydes is 1. The number of rotatable bonds is 5. The molecular weight excluding hydrogens is 226 g/mol. The number of carbonyl (C=O) groups excluding carboxylic acids is 1. The molecule has 0 unspecified atom stereocenters. The van der Waals surface area contributed by atoms with Crippen molar-refractivity contribution in [1.29, 1.82) is 0 Å². The van der Waals surface area contributed by atoms with E-state index in [-0.39, 0.29) is 0 Å². The molecule has 1 saturated heterocycles. The van der Waals surface area contributed by atoms with Gasteiger partial charge in [0.2, 0.25) is 0 Å². The average Bonchev–Trinajstić information content (AvgIpc) is 2.41. The van der Waals surface area contributed by atoms with Crippen molar-refractivity contribution in [3.63, 3.8) is 0 Å². The van der Waals surface area contributed by atoms with E-state index >= 15 is 0 Å². The summed E-state index contributed by atoms with van der Waals surface area (Å²) in [6.45, 7) is 6.24. The second-order valence-electron chi connectivity index (χ2n) is 5.03. The van der Waals surface area contributed by atoms with Crippen LogP contribution in [0.1, 0.15) is 30.1 Å². The van der Waals surface area contributed by atoms with Crippen molar-refractivity contribution < 1.29 is 9.53 Å². The highest BCUT2D eigenvalue weighted by Gasteiger charge is 2.15. The number of hydrogen-bond donors (Lipinski definition) is 0. The molecule has 0 saturated carbocycles. The molecule has 1 aromatic carbocycles. The third-order valence-corrected chi connectivity index (χ3v) is 3.59. The van der Waals surface area contributed by atoms with Crippen molar-refractivity contribution in [3.8, 4) is 5.75 Å². The number of likely N-dealkylation sites (tertiary alicyclic amines) is 1. The van der Waals surface area contributed by atoms with Crippen LogP contribution in [0.25, 0.3) is 0 Å². The summed E-state index contributed by atoms with van der Waals surface area (Å²) < 4.78 is 5.68. The van der Waals surface area contributed by atoms with E-state index in [1.54, 1.807) is 6.07 Å². The number of piperidine rings is 1. The van der Waals surface area contributed by atoms with E-state index in [4.69, 9.17) is 4.74 Å². The maximum atomic E-state index is 10.8. The van der Waals surface area contributed by atoms with Crippen LogP contribution in [0.15, 0.2) is 24.3 Å². The van der Waals surface area contributed by atoms with E-state index in [0.29, 0.717) is 17.9 Å². The first-order valence-electron chi connectivity index (χ1n) is 6.69. The van der Waals surface area contributed by atoms with Crippen molar-refractivity contribution in [2.24, 2.45) is 5.92 Å². The lowest BCUT2D eigenvalue weighted by molar-refractivity contribution is 0.111. The minimum atomic E-state index is 0.629. The Labute approximate surface area is 109 Å². The molecule has 0 N–H and O–H groups in total. The average molecular weight is 247 g/mol. The maximum absolute atomic E-state index is 10.8. The lowest BCUT2D eigenvalue weighted by atomic mass is 9.99. The highest BCUT2D eigenvalue weighted by atomic mass is 16.5. The molecule has 1 aliphatic rings. The molecule has 0 aromatic heterocycles. The van der Waals surface area contributed by atoms with Gasteiger partial charge in [-0.3, -0.25) is 9.69 Å². The first kappa shape index (κ1) is 13.1. The van der Waals surface area contributed by atoms with Gasteiger partial charge in [-0.15, -0.1) is 0 Å². The first-order chi connectivity index (χ1) is 8.79. The third-order valence-electron chi connectivity index (χ3n) is 3.59. The summed E-state index contributed by atoms with van der Waals surface area (Å²) in [6.07, 6.45) is 3.41. The fourth-order valence-corrected chi connectivity index (χ4v) is 2.28. The summed E-state index contributed by atoms with van der Waals surface area (Å²) in [5, 5.41) is 0. The fraction of sp³-hybridized carbons (Fsp3) is 0.533. The van der Waals surface area contributed by atoms with Crippen LogP contribution < -0.4 is 4.74 Å². The number of benzene rings is 1. The van der Waals surface area contributed by atoms with Gasteiger partial charge in [0, 0.05) is 6.54 Å². The zero-order valence-electron chi connectivity index (χ0n) is 11.0. The van der Waals surface area contributed by atoms with Crippen LogP contribution in [0.3, 0.4) is 0 Å². The van der Waals surface area contributed by atoms with Crippen molar-refractivity contribution in [2.75, 3.05) is 26.2 Å². The van der Waals surface area contributed by atoms with Gasteiger partial charge in [0.15, 0.2) is 6.29 Å². The minimum Gasteiger partial charge on any atom is -0.492 e. The zero-order valence-corrected chi connectivity index (χ0v) is 11.0. The second-order valence-corrected chi connectivity index (χ2v) is 5.03. The maximum Gasteiger partial charge on any atom is 0.153 e. The van der Waals surface area contributed by atoms with E-state index in [1.807, 2.05) is 18.2 Å². The van der Waals surface area contributed by atoms with E-state index in [0.717, 1.165) is 18.7 Å². The third kappa shape index (κ3) is 3.57. The van der Waals surface area contributed by atoms with E-state index in [9.17, 15) is 4.79 Å². The molecular formula is C15H21NO2. The van der Waals surface area contributed by atoms with Crippen molar-refractivity contribution >= 4 is 6.29 Å². The highest BCUT2D eigenvalue weighted by molar-refractivity contribution is 5.79. The molecule has 3 nitrogen and oxygen atoms in total. The molecule has 0 atom stereocenters. The Hall–Kier alpha value is -1.35. The van der Waals surface area contributed by atoms with E-state index < -0.39 is 0 Å². The van der Waals surface area contributed by atoms with Gasteiger partial charge in [0.05, 0.1) is 5.56 Å². The molecule has 0 aliphatic carbocycles. The van der Waals surface area contributed by atoms with Gasteiger partial charge in [-0.05, 0) is 44.0 Å². The molecule has 0 bridgehead atoms. The first-order valence-corrected chi connectivity index (χ1v) is 6.69. The Kier molecular flexibility index (Phi) is 4.76. The van der Waals surface area contributed by atoms with E-state index in [2.05, 4.69) is 11.8 Å². The smallest absolute Gasteiger partial charge is 0.153 e. The van der Waals surface area contributed by atoms with Gasteiger partial charge < -0.3 is 4.74 Å². The predicted octanol–water partition coefficient (Wildman–Crippen LogP) is 2.61. The number of carbonyl (C=O) groups is 1. The van der Waals surface area contributed by atoms with Crippen LogP contribution in [0.2, 0.25) is 0 Å². The molecule has 98 valence electrons. The predicted molar refractivity (Wildman–Crippen MR) is 72.2 cm³/mol. The lowest BCUT2D eigenvalue weighted by Crippen LogP contribution is -2.35. The Morgan fingerprint density at radius 2 is 2.06 bits per heavy atom. The van der Waals surface area contributed by atoms with Crippen molar-refractivity contribution in [2.45, 2.75) is 19.8 Å². The van der Waals surface area contributed by atoms with Crippen LogP contribution >= 0.6 is 0 Å². The van der Waals surface area contributed by atoms with Gasteiger partial charge in [0.25, 0.3) is 0 Å². The number of ether oxygens (including phenoxy) is 1.